The molecule has 3 rings (SSSR count). The first-order chi connectivity index (χ1) is 16.2. The second-order valence-electron chi connectivity index (χ2n) is 9.32. The highest BCUT2D eigenvalue weighted by molar-refractivity contribution is 6.31. The SMILES string of the molecule is C[C@H]1[C@H](F)C[C@@H](C(=O)CCc2cc(-c3cnc(C(F)(F)F)nc3)ncc2Cl)N1C(=O)OC(C)(C)C. The highest BCUT2D eigenvalue weighted by Gasteiger charge is 2.46. The molecule has 3 atom stereocenters. The molecule has 0 N–H and O–H groups in total. The molecule has 2 aromatic heterocycles. The lowest BCUT2D eigenvalue weighted by Gasteiger charge is -2.30. The number of carbonyl (C=O) groups is 2. The van der Waals surface area contributed by atoms with Gasteiger partial charge in [-0.1, -0.05) is 11.6 Å². The van der Waals surface area contributed by atoms with Crippen LogP contribution in [-0.2, 0) is 22.1 Å². The summed E-state index contributed by atoms with van der Waals surface area (Å²) >= 11 is 6.21. The molecule has 1 amide bonds. The summed E-state index contributed by atoms with van der Waals surface area (Å²) in [7, 11) is 0. The van der Waals surface area contributed by atoms with Crippen LogP contribution in [0.25, 0.3) is 11.3 Å². The molecule has 190 valence electrons. The molecule has 35 heavy (non-hydrogen) atoms. The third kappa shape index (κ3) is 6.45. The van der Waals surface area contributed by atoms with Crippen LogP contribution in [0.1, 0.15) is 51.9 Å². The Bertz CT molecular complexity index is 1090. The van der Waals surface area contributed by atoms with Crippen LogP contribution in [-0.4, -0.2) is 55.6 Å². The number of rotatable bonds is 5. The quantitative estimate of drug-likeness (QED) is 0.491. The van der Waals surface area contributed by atoms with E-state index in [9.17, 15) is 27.2 Å². The van der Waals surface area contributed by atoms with E-state index >= 15 is 0 Å². The van der Waals surface area contributed by atoms with Gasteiger partial charge in [-0.3, -0.25) is 14.7 Å². The van der Waals surface area contributed by atoms with Gasteiger partial charge >= 0.3 is 12.3 Å². The van der Waals surface area contributed by atoms with Crippen LogP contribution >= 0.6 is 11.6 Å². The van der Waals surface area contributed by atoms with E-state index in [-0.39, 0.29) is 41.3 Å². The van der Waals surface area contributed by atoms with Crippen LogP contribution in [0.3, 0.4) is 0 Å². The van der Waals surface area contributed by atoms with Crippen LogP contribution in [0.2, 0.25) is 5.02 Å². The fourth-order valence-corrected chi connectivity index (χ4v) is 3.94. The third-order valence-corrected chi connectivity index (χ3v) is 5.84. The van der Waals surface area contributed by atoms with E-state index in [1.165, 1.54) is 19.2 Å². The maximum atomic E-state index is 14.4. The van der Waals surface area contributed by atoms with Gasteiger partial charge in [0.1, 0.15) is 11.8 Å². The lowest BCUT2D eigenvalue weighted by Crippen LogP contribution is -2.47. The normalized spacial score (nSPS) is 20.7. The Morgan fingerprint density at radius 1 is 1.14 bits per heavy atom. The number of aryl methyl sites for hydroxylation is 1. The first-order valence-corrected chi connectivity index (χ1v) is 11.3. The Balaban J connectivity index is 1.74. The molecule has 1 saturated heterocycles. The van der Waals surface area contributed by atoms with Gasteiger partial charge in [0.05, 0.1) is 22.8 Å². The number of hydrogen-bond donors (Lipinski definition) is 0. The summed E-state index contributed by atoms with van der Waals surface area (Å²) in [6.07, 6.45) is -3.49. The Labute approximate surface area is 204 Å². The monoisotopic (exact) mass is 516 g/mol. The topological polar surface area (TPSA) is 85.3 Å². The number of carbonyl (C=O) groups excluding carboxylic acids is 2. The molecule has 0 bridgehead atoms. The van der Waals surface area contributed by atoms with Gasteiger partial charge in [-0.25, -0.2) is 19.2 Å². The van der Waals surface area contributed by atoms with Crippen molar-refractivity contribution in [2.45, 2.75) is 77.0 Å². The number of aromatic nitrogens is 3. The average Bonchev–Trinajstić information content (AvgIpc) is 3.06. The van der Waals surface area contributed by atoms with Gasteiger partial charge in [0.25, 0.3) is 0 Å². The summed E-state index contributed by atoms with van der Waals surface area (Å²) in [6, 6.07) is -0.254. The Morgan fingerprint density at radius 3 is 2.34 bits per heavy atom. The van der Waals surface area contributed by atoms with E-state index in [4.69, 9.17) is 16.3 Å². The van der Waals surface area contributed by atoms with Crippen molar-refractivity contribution in [2.24, 2.45) is 0 Å². The molecule has 1 aliphatic rings. The fourth-order valence-electron chi connectivity index (χ4n) is 3.74. The highest BCUT2D eigenvalue weighted by Crippen LogP contribution is 2.31. The molecule has 0 radical (unpaired) electrons. The average molecular weight is 517 g/mol. The maximum Gasteiger partial charge on any atom is 0.451 e. The summed E-state index contributed by atoms with van der Waals surface area (Å²) in [5.41, 5.74) is 0.223. The van der Waals surface area contributed by atoms with Gasteiger partial charge in [-0.2, -0.15) is 13.2 Å². The molecule has 0 aliphatic carbocycles. The maximum absolute atomic E-state index is 14.4. The molecule has 3 heterocycles. The van der Waals surface area contributed by atoms with Crippen molar-refractivity contribution in [3.63, 3.8) is 0 Å². The van der Waals surface area contributed by atoms with Crippen molar-refractivity contribution < 1.29 is 31.9 Å². The van der Waals surface area contributed by atoms with E-state index < -0.39 is 42.0 Å². The Kier molecular flexibility index (Phi) is 7.68. The van der Waals surface area contributed by atoms with E-state index in [0.29, 0.717) is 5.56 Å². The second-order valence-corrected chi connectivity index (χ2v) is 9.72. The summed E-state index contributed by atoms with van der Waals surface area (Å²) < 4.78 is 57.9. The molecule has 0 spiro atoms. The molecule has 12 heteroatoms. The van der Waals surface area contributed by atoms with Crippen LogP contribution < -0.4 is 0 Å². The minimum absolute atomic E-state index is 0.0455. The van der Waals surface area contributed by atoms with Crippen molar-refractivity contribution in [3.8, 4) is 11.3 Å². The van der Waals surface area contributed by atoms with E-state index in [1.54, 1.807) is 20.8 Å². The number of likely N-dealkylation sites (tertiary alicyclic amines) is 1. The largest absolute Gasteiger partial charge is 0.451 e. The Hall–Kier alpha value is -2.82. The predicted molar refractivity (Wildman–Crippen MR) is 119 cm³/mol. The van der Waals surface area contributed by atoms with Crippen LogP contribution in [0, 0.1) is 0 Å². The number of alkyl halides is 4. The van der Waals surface area contributed by atoms with Gasteiger partial charge in [-0.15, -0.1) is 0 Å². The number of ether oxygens (including phenoxy) is 1. The number of pyridine rings is 1. The molecular formula is C23H25ClF4N4O3. The van der Waals surface area contributed by atoms with Crippen molar-refractivity contribution in [3.05, 3.63) is 41.1 Å². The van der Waals surface area contributed by atoms with Crippen molar-refractivity contribution in [1.82, 2.24) is 19.9 Å². The summed E-state index contributed by atoms with van der Waals surface area (Å²) in [6.45, 7) is 6.57. The fraction of sp³-hybridized carbons (Fsp3) is 0.522. The number of ketones is 1. The van der Waals surface area contributed by atoms with Crippen LogP contribution in [0.5, 0.6) is 0 Å². The molecule has 0 saturated carbocycles. The molecule has 1 fully saturated rings. The van der Waals surface area contributed by atoms with Crippen molar-refractivity contribution in [2.75, 3.05) is 0 Å². The number of Topliss-reactive ketones (excluding diaryl/α,β-unsaturated/α-hetero) is 1. The Morgan fingerprint density at radius 2 is 1.77 bits per heavy atom. The molecule has 0 unspecified atom stereocenters. The van der Waals surface area contributed by atoms with Gasteiger partial charge in [0.2, 0.25) is 5.82 Å². The summed E-state index contributed by atoms with van der Waals surface area (Å²) in [5, 5.41) is 0.251. The molecule has 1 aliphatic heterocycles. The molecule has 7 nitrogen and oxygen atoms in total. The smallest absolute Gasteiger partial charge is 0.444 e. The highest BCUT2D eigenvalue weighted by atomic mass is 35.5. The predicted octanol–water partition coefficient (Wildman–Crippen LogP) is 5.45. The van der Waals surface area contributed by atoms with Gasteiger partial charge < -0.3 is 4.74 Å². The number of amides is 1. The first kappa shape index (κ1) is 26.8. The van der Waals surface area contributed by atoms with E-state index in [2.05, 4.69) is 15.0 Å². The van der Waals surface area contributed by atoms with Crippen molar-refractivity contribution in [1.29, 1.82) is 0 Å². The third-order valence-electron chi connectivity index (χ3n) is 5.50. The van der Waals surface area contributed by atoms with Gasteiger partial charge in [-0.05, 0) is 45.7 Å². The molecule has 2 aromatic rings. The summed E-state index contributed by atoms with van der Waals surface area (Å²) in [5.74, 6) is -1.62. The standard InChI is InChI=1S/C23H25ClF4N4O3/c1-12-16(25)8-18(32(12)21(34)35-22(2,3)4)19(33)6-5-13-7-17(29-11-15(13)24)14-9-30-20(31-10-14)23(26,27)28/h7,9-12,16,18H,5-6,8H2,1-4H3/t12-,16+,18-/m0/s1. The summed E-state index contributed by atoms with van der Waals surface area (Å²) in [4.78, 5) is 37.5. The first-order valence-electron chi connectivity index (χ1n) is 10.9. The van der Waals surface area contributed by atoms with Gasteiger partial charge in [0, 0.05) is 37.0 Å². The zero-order valence-electron chi connectivity index (χ0n) is 19.6. The number of halogens is 5. The van der Waals surface area contributed by atoms with E-state index in [1.807, 2.05) is 0 Å². The molecule has 0 aromatic carbocycles. The zero-order chi connectivity index (χ0) is 26.1. The van der Waals surface area contributed by atoms with Crippen molar-refractivity contribution >= 4 is 23.5 Å². The van der Waals surface area contributed by atoms with E-state index in [0.717, 1.165) is 17.3 Å². The second kappa shape index (κ2) is 10.0. The van der Waals surface area contributed by atoms with Gasteiger partial charge in [0.15, 0.2) is 5.78 Å². The number of hydrogen-bond acceptors (Lipinski definition) is 6. The number of nitrogens with zero attached hydrogens (tertiary/aromatic N) is 4. The molecular weight excluding hydrogens is 492 g/mol. The zero-order valence-corrected chi connectivity index (χ0v) is 20.3. The van der Waals surface area contributed by atoms with Crippen LogP contribution in [0.4, 0.5) is 22.4 Å². The minimum atomic E-state index is -4.67. The minimum Gasteiger partial charge on any atom is -0.444 e. The lowest BCUT2D eigenvalue weighted by molar-refractivity contribution is -0.145. The lowest BCUT2D eigenvalue weighted by atomic mass is 10.0. The van der Waals surface area contributed by atoms with Crippen LogP contribution in [0.15, 0.2) is 24.7 Å².